The molecule has 1 unspecified atom stereocenters. The Hall–Kier alpha value is -3.06. The molecule has 0 radical (unpaired) electrons. The van der Waals surface area contributed by atoms with Gasteiger partial charge in [-0.2, -0.15) is 0 Å². The first-order chi connectivity index (χ1) is 22.2. The fraction of sp³-hybridized carbons (Fsp3) is 0.657. The molecule has 1 aromatic rings. The molecule has 0 aliphatic rings. The van der Waals surface area contributed by atoms with Crippen molar-refractivity contribution in [3.05, 3.63) is 48.7 Å². The van der Waals surface area contributed by atoms with Crippen molar-refractivity contribution in [2.24, 2.45) is 11.8 Å². The van der Waals surface area contributed by atoms with Gasteiger partial charge >= 0.3 is 6.09 Å². The predicted molar refractivity (Wildman–Crippen MR) is 197 cm³/mol. The van der Waals surface area contributed by atoms with Crippen LogP contribution < -0.4 is 26.6 Å². The highest BCUT2D eigenvalue weighted by molar-refractivity contribution is 7.80. The number of hydrogen-bond acceptors (Lipinski definition) is 7. The van der Waals surface area contributed by atoms with Gasteiger partial charge in [-0.1, -0.05) is 104 Å². The quantitative estimate of drug-likeness (QED) is 0.0588. The van der Waals surface area contributed by atoms with Gasteiger partial charge in [0.1, 0.15) is 12.6 Å². The molecule has 7 N–H and O–H groups in total. The second kappa shape index (κ2) is 30.3. The van der Waals surface area contributed by atoms with E-state index in [2.05, 4.69) is 67.8 Å². The SMILES string of the molecule is C=CNC(=S)NC(=O)[C@H](CCCCNC(=O)OCc1ccccc1)NC(=O)[C@H](CC(CC)CCC)[C@H](CCC)NCOC.CCC.O.[HH]. The Kier molecular flexibility index (Phi) is 29.7. The maximum absolute atomic E-state index is 13.9. The molecule has 12 heteroatoms. The Morgan fingerprint density at radius 1 is 0.979 bits per heavy atom. The predicted octanol–water partition coefficient (Wildman–Crippen LogP) is 5.73. The maximum atomic E-state index is 13.9. The second-order valence-corrected chi connectivity index (χ2v) is 11.8. The van der Waals surface area contributed by atoms with E-state index in [-0.39, 0.29) is 36.5 Å². The zero-order valence-corrected chi connectivity index (χ0v) is 30.4. The summed E-state index contributed by atoms with van der Waals surface area (Å²) in [4.78, 5) is 39.2. The Labute approximate surface area is 290 Å². The molecule has 1 rings (SSSR count). The van der Waals surface area contributed by atoms with E-state index in [4.69, 9.17) is 21.7 Å². The van der Waals surface area contributed by atoms with E-state index in [0.717, 1.165) is 44.1 Å². The normalized spacial score (nSPS) is 12.8. The van der Waals surface area contributed by atoms with Crippen LogP contribution in [0.1, 0.15) is 106 Å². The third kappa shape index (κ3) is 22.2. The number of ether oxygens (including phenoxy) is 2. The highest BCUT2D eigenvalue weighted by Gasteiger charge is 2.32. The van der Waals surface area contributed by atoms with Gasteiger partial charge in [0.05, 0.1) is 12.6 Å². The molecule has 0 spiro atoms. The fourth-order valence-corrected chi connectivity index (χ4v) is 5.15. The third-order valence-electron chi connectivity index (χ3n) is 7.28. The number of rotatable bonds is 22. The van der Waals surface area contributed by atoms with E-state index in [1.807, 2.05) is 30.3 Å². The number of unbranched alkanes of at least 4 members (excludes halogenated alkanes) is 1. The van der Waals surface area contributed by atoms with Crippen molar-refractivity contribution >= 4 is 35.2 Å². The van der Waals surface area contributed by atoms with Crippen LogP contribution in [-0.4, -0.2) is 61.0 Å². The molecule has 4 atom stereocenters. The molecule has 0 aliphatic carbocycles. The van der Waals surface area contributed by atoms with Gasteiger partial charge < -0.3 is 36.2 Å². The van der Waals surface area contributed by atoms with Crippen molar-refractivity contribution in [2.45, 2.75) is 118 Å². The summed E-state index contributed by atoms with van der Waals surface area (Å²) in [7, 11) is 1.62. The van der Waals surface area contributed by atoms with Crippen molar-refractivity contribution in [1.29, 1.82) is 0 Å². The van der Waals surface area contributed by atoms with Crippen LogP contribution in [0, 0.1) is 11.8 Å². The summed E-state index contributed by atoms with van der Waals surface area (Å²) < 4.78 is 10.5. The number of amides is 3. The number of carbonyl (C=O) groups excluding carboxylic acids is 3. The molecule has 0 aromatic heterocycles. The van der Waals surface area contributed by atoms with Gasteiger partial charge in [0.25, 0.3) is 0 Å². The van der Waals surface area contributed by atoms with E-state index in [0.29, 0.717) is 38.5 Å². The largest absolute Gasteiger partial charge is 0.445 e. The van der Waals surface area contributed by atoms with Crippen molar-refractivity contribution in [1.82, 2.24) is 26.6 Å². The van der Waals surface area contributed by atoms with Crippen LogP contribution in [0.2, 0.25) is 0 Å². The number of alkyl carbamates (subject to hydrolysis) is 1. The van der Waals surface area contributed by atoms with Crippen LogP contribution in [0.25, 0.3) is 0 Å². The summed E-state index contributed by atoms with van der Waals surface area (Å²) in [5, 5.41) is 14.6. The van der Waals surface area contributed by atoms with E-state index in [1.165, 1.54) is 12.6 Å². The zero-order valence-electron chi connectivity index (χ0n) is 29.6. The van der Waals surface area contributed by atoms with Crippen LogP contribution >= 0.6 is 12.2 Å². The topological polar surface area (TPSA) is 161 Å². The van der Waals surface area contributed by atoms with Crippen molar-refractivity contribution in [3.63, 3.8) is 0 Å². The Morgan fingerprint density at radius 2 is 1.64 bits per heavy atom. The number of carbonyl (C=O) groups is 3. The van der Waals surface area contributed by atoms with Crippen LogP contribution in [0.4, 0.5) is 4.79 Å². The molecule has 0 aliphatic heterocycles. The van der Waals surface area contributed by atoms with Gasteiger partial charge in [-0.3, -0.25) is 14.9 Å². The molecule has 272 valence electrons. The number of benzene rings is 1. The molecule has 47 heavy (non-hydrogen) atoms. The van der Waals surface area contributed by atoms with E-state index >= 15 is 0 Å². The average molecular weight is 684 g/mol. The lowest BCUT2D eigenvalue weighted by molar-refractivity contribution is -0.132. The number of nitrogens with one attached hydrogen (secondary N) is 5. The first-order valence-corrected chi connectivity index (χ1v) is 17.3. The highest BCUT2D eigenvalue weighted by atomic mass is 32.1. The van der Waals surface area contributed by atoms with Gasteiger partial charge in [0.2, 0.25) is 11.8 Å². The minimum Gasteiger partial charge on any atom is -0.445 e. The lowest BCUT2D eigenvalue weighted by Crippen LogP contribution is -2.54. The monoisotopic (exact) mass is 683 g/mol. The smallest absolute Gasteiger partial charge is 0.407 e. The van der Waals surface area contributed by atoms with E-state index in [1.54, 1.807) is 7.11 Å². The molecule has 0 saturated heterocycles. The third-order valence-corrected chi connectivity index (χ3v) is 7.50. The molecule has 0 heterocycles. The summed E-state index contributed by atoms with van der Waals surface area (Å²) in [6.45, 7) is 15.1. The lowest BCUT2D eigenvalue weighted by atomic mass is 9.83. The molecular weight excluding hydrogens is 618 g/mol. The lowest BCUT2D eigenvalue weighted by Gasteiger charge is -2.31. The number of hydrogen-bond donors (Lipinski definition) is 5. The Balaban J connectivity index is -0.00000389. The van der Waals surface area contributed by atoms with Gasteiger partial charge in [-0.15, -0.1) is 0 Å². The summed E-state index contributed by atoms with van der Waals surface area (Å²) in [5.41, 5.74) is 0.906. The summed E-state index contributed by atoms with van der Waals surface area (Å²) in [6.07, 6.45) is 9.17. The van der Waals surface area contributed by atoms with Crippen LogP contribution in [-0.2, 0) is 25.7 Å². The minimum absolute atomic E-state index is 0. The highest BCUT2D eigenvalue weighted by Crippen LogP contribution is 2.25. The maximum Gasteiger partial charge on any atom is 0.407 e. The summed E-state index contributed by atoms with van der Waals surface area (Å²) >= 11 is 5.17. The van der Waals surface area contributed by atoms with Crippen molar-refractivity contribution in [3.8, 4) is 0 Å². The van der Waals surface area contributed by atoms with Gasteiger partial charge in [0, 0.05) is 21.1 Å². The second-order valence-electron chi connectivity index (χ2n) is 11.4. The molecule has 0 fully saturated rings. The molecule has 3 amide bonds. The Morgan fingerprint density at radius 3 is 2.21 bits per heavy atom. The van der Waals surface area contributed by atoms with Crippen LogP contribution in [0.15, 0.2) is 43.1 Å². The molecule has 1 aromatic carbocycles. The van der Waals surface area contributed by atoms with Gasteiger partial charge in [-0.05, 0) is 62.0 Å². The van der Waals surface area contributed by atoms with Crippen LogP contribution in [0.3, 0.4) is 0 Å². The average Bonchev–Trinajstić information content (AvgIpc) is 3.04. The first kappa shape index (κ1) is 46.1. The van der Waals surface area contributed by atoms with Crippen molar-refractivity contribution < 1.29 is 30.8 Å². The van der Waals surface area contributed by atoms with Crippen molar-refractivity contribution in [2.75, 3.05) is 20.4 Å². The minimum atomic E-state index is -0.805. The fourth-order valence-electron chi connectivity index (χ4n) is 4.97. The molecule has 0 saturated carbocycles. The standard InChI is InChI=1S/C32H53N5O5S.C3H8.H2O.H2/c1-6-15-24(8-3)21-26(27(16-7-2)35-23-41-5)29(38)36-28(30(39)37-31(43)33-9-4)19-13-14-20-34-32(40)42-22-25-17-11-10-12-18-25;1-3-2;;/h9-12,17-18,24,26-28,35H,4,6-8,13-16,19-23H2,1-3,5H3,(H,34,40)(H,36,38)(H2,33,37,39,43);3H2,1-2H3;1H2;1H/t24?,26-,27+,28+;;;/m1.../s1. The molecular formula is C35H65N5O6S. The zero-order chi connectivity index (χ0) is 34.6. The van der Waals surface area contributed by atoms with Crippen LogP contribution in [0.5, 0.6) is 0 Å². The van der Waals surface area contributed by atoms with Gasteiger partial charge in [0.15, 0.2) is 5.11 Å². The first-order valence-electron chi connectivity index (χ1n) is 16.9. The molecule has 0 bridgehead atoms. The summed E-state index contributed by atoms with van der Waals surface area (Å²) in [6, 6.07) is 8.56. The summed E-state index contributed by atoms with van der Waals surface area (Å²) in [5.74, 6) is -0.504. The number of methoxy groups -OCH3 is 1. The number of thiocarbonyl (C=S) groups is 1. The Bertz CT molecular complexity index is 991. The van der Waals surface area contributed by atoms with Gasteiger partial charge in [-0.25, -0.2) is 4.79 Å². The molecule has 11 nitrogen and oxygen atoms in total. The van der Waals surface area contributed by atoms with E-state index < -0.39 is 18.0 Å². The van der Waals surface area contributed by atoms with E-state index in [9.17, 15) is 14.4 Å².